The molecule has 0 bridgehead atoms. The molecule has 0 amide bonds. The van der Waals surface area contributed by atoms with Gasteiger partial charge in [-0.1, -0.05) is 0 Å². The molecule has 0 unspecified atom stereocenters. The minimum absolute atomic E-state index is 0.240. The first kappa shape index (κ1) is 9.00. The Kier molecular flexibility index (Phi) is 3.54. The van der Waals surface area contributed by atoms with E-state index in [-0.39, 0.29) is 5.82 Å². The van der Waals surface area contributed by atoms with E-state index < -0.39 is 0 Å². The average molecular weight is 169 g/mol. The van der Waals surface area contributed by atoms with Gasteiger partial charge in [-0.15, -0.1) is 0 Å². The lowest BCUT2D eigenvalue weighted by atomic mass is 10.3. The van der Waals surface area contributed by atoms with Gasteiger partial charge in [0.2, 0.25) is 0 Å². The molecule has 0 saturated heterocycles. The summed E-state index contributed by atoms with van der Waals surface area (Å²) in [4.78, 5) is 0. The van der Waals surface area contributed by atoms with E-state index in [9.17, 15) is 4.39 Å². The molecular weight excluding hydrogens is 157 g/mol. The zero-order chi connectivity index (χ0) is 8.81. The predicted octanol–water partition coefficient (Wildman–Crippen LogP) is 1.42. The fourth-order valence-corrected chi connectivity index (χ4v) is 0.802. The first-order valence-electron chi connectivity index (χ1n) is 3.86. The Bertz CT molecular complexity index is 222. The molecule has 2 nitrogen and oxygen atoms in total. The Morgan fingerprint density at radius 3 is 2.58 bits per heavy atom. The number of ether oxygens (including phenoxy) is 1. The third kappa shape index (κ3) is 2.88. The number of likely N-dealkylation sites (N-methyl/N-ethyl adjacent to an activating group) is 1. The summed E-state index contributed by atoms with van der Waals surface area (Å²) in [6, 6.07) is 6.00. The molecule has 1 aromatic carbocycles. The highest BCUT2D eigenvalue weighted by Gasteiger charge is 1.92. The van der Waals surface area contributed by atoms with E-state index in [1.807, 2.05) is 7.05 Å². The highest BCUT2D eigenvalue weighted by Crippen LogP contribution is 2.10. The van der Waals surface area contributed by atoms with Gasteiger partial charge < -0.3 is 10.1 Å². The highest BCUT2D eigenvalue weighted by molar-refractivity contribution is 5.21. The van der Waals surface area contributed by atoms with Crippen molar-refractivity contribution in [2.45, 2.75) is 0 Å². The second-order valence-electron chi connectivity index (χ2n) is 2.41. The van der Waals surface area contributed by atoms with Gasteiger partial charge in [0.05, 0.1) is 0 Å². The summed E-state index contributed by atoms with van der Waals surface area (Å²) in [6.07, 6.45) is 0. The fourth-order valence-electron chi connectivity index (χ4n) is 0.802. The maximum Gasteiger partial charge on any atom is 0.123 e. The summed E-state index contributed by atoms with van der Waals surface area (Å²) < 4.78 is 17.7. The quantitative estimate of drug-likeness (QED) is 0.688. The molecule has 0 heterocycles. The van der Waals surface area contributed by atoms with Crippen molar-refractivity contribution in [3.63, 3.8) is 0 Å². The second kappa shape index (κ2) is 4.72. The molecule has 0 aliphatic carbocycles. The molecule has 0 saturated carbocycles. The Hall–Kier alpha value is -1.09. The number of hydrogen-bond donors (Lipinski definition) is 1. The molecule has 1 aromatic rings. The lowest BCUT2D eigenvalue weighted by Crippen LogP contribution is -2.15. The van der Waals surface area contributed by atoms with Crippen LogP contribution in [0.1, 0.15) is 0 Å². The van der Waals surface area contributed by atoms with Crippen molar-refractivity contribution in [2.24, 2.45) is 0 Å². The van der Waals surface area contributed by atoms with Gasteiger partial charge in [0.15, 0.2) is 0 Å². The zero-order valence-corrected chi connectivity index (χ0v) is 7.01. The largest absolute Gasteiger partial charge is 0.492 e. The maximum absolute atomic E-state index is 12.4. The van der Waals surface area contributed by atoms with Crippen molar-refractivity contribution in [3.05, 3.63) is 30.1 Å². The maximum atomic E-state index is 12.4. The Morgan fingerprint density at radius 2 is 2.00 bits per heavy atom. The van der Waals surface area contributed by atoms with Gasteiger partial charge in [0.25, 0.3) is 0 Å². The van der Waals surface area contributed by atoms with E-state index in [1.54, 1.807) is 12.1 Å². The van der Waals surface area contributed by atoms with Crippen molar-refractivity contribution >= 4 is 0 Å². The molecule has 0 fully saturated rings. The summed E-state index contributed by atoms with van der Waals surface area (Å²) in [5.41, 5.74) is 0. The highest BCUT2D eigenvalue weighted by atomic mass is 19.1. The van der Waals surface area contributed by atoms with E-state index in [0.717, 1.165) is 6.54 Å². The van der Waals surface area contributed by atoms with Gasteiger partial charge in [-0.25, -0.2) is 4.39 Å². The van der Waals surface area contributed by atoms with Gasteiger partial charge in [0, 0.05) is 6.54 Å². The predicted molar refractivity (Wildman–Crippen MR) is 45.8 cm³/mol. The number of nitrogens with one attached hydrogen (secondary N) is 1. The van der Waals surface area contributed by atoms with Crippen LogP contribution < -0.4 is 10.1 Å². The summed E-state index contributed by atoms with van der Waals surface area (Å²) in [5, 5.41) is 2.95. The fraction of sp³-hybridized carbons (Fsp3) is 0.333. The molecule has 0 aliphatic rings. The van der Waals surface area contributed by atoms with E-state index in [0.29, 0.717) is 12.4 Å². The number of rotatable bonds is 4. The third-order valence-corrected chi connectivity index (χ3v) is 1.43. The first-order chi connectivity index (χ1) is 5.83. The van der Waals surface area contributed by atoms with E-state index >= 15 is 0 Å². The summed E-state index contributed by atoms with van der Waals surface area (Å²) in [7, 11) is 1.86. The van der Waals surface area contributed by atoms with Gasteiger partial charge in [-0.05, 0) is 31.3 Å². The normalized spacial score (nSPS) is 9.83. The first-order valence-corrected chi connectivity index (χ1v) is 3.86. The lowest BCUT2D eigenvalue weighted by molar-refractivity contribution is 0.318. The molecule has 66 valence electrons. The Labute approximate surface area is 71.4 Å². The van der Waals surface area contributed by atoms with E-state index in [2.05, 4.69) is 5.32 Å². The minimum atomic E-state index is -0.240. The Morgan fingerprint density at radius 1 is 1.33 bits per heavy atom. The average Bonchev–Trinajstić information content (AvgIpc) is 2.09. The molecule has 1 N–H and O–H groups in total. The van der Waals surface area contributed by atoms with Crippen LogP contribution in [0.2, 0.25) is 0 Å². The van der Waals surface area contributed by atoms with Crippen molar-refractivity contribution < 1.29 is 9.13 Å². The van der Waals surface area contributed by atoms with Crippen LogP contribution in [0, 0.1) is 5.82 Å². The van der Waals surface area contributed by atoms with Crippen LogP contribution in [0.5, 0.6) is 5.75 Å². The van der Waals surface area contributed by atoms with Crippen molar-refractivity contribution in [2.75, 3.05) is 20.2 Å². The minimum Gasteiger partial charge on any atom is -0.492 e. The van der Waals surface area contributed by atoms with Gasteiger partial charge in [-0.3, -0.25) is 0 Å². The van der Waals surface area contributed by atoms with Gasteiger partial charge in [-0.2, -0.15) is 0 Å². The van der Waals surface area contributed by atoms with Crippen LogP contribution >= 0.6 is 0 Å². The molecular formula is C9H12FNO. The molecule has 0 spiro atoms. The number of benzene rings is 1. The Balaban J connectivity index is 2.37. The number of halogens is 1. The second-order valence-corrected chi connectivity index (χ2v) is 2.41. The molecule has 1 rings (SSSR count). The molecule has 0 atom stereocenters. The summed E-state index contributed by atoms with van der Waals surface area (Å²) in [5.74, 6) is 0.461. The standard InChI is InChI=1S/C9H12FNO/c1-11-6-7-12-9-4-2-8(10)3-5-9/h2-5,11H,6-7H2,1H3. The SMILES string of the molecule is CNCCOc1ccc(F)cc1. The topological polar surface area (TPSA) is 21.3 Å². The van der Waals surface area contributed by atoms with Crippen molar-refractivity contribution in [1.82, 2.24) is 5.32 Å². The molecule has 0 aliphatic heterocycles. The van der Waals surface area contributed by atoms with Gasteiger partial charge in [0.1, 0.15) is 18.2 Å². The van der Waals surface area contributed by atoms with Crippen LogP contribution in [0.25, 0.3) is 0 Å². The molecule has 12 heavy (non-hydrogen) atoms. The monoisotopic (exact) mass is 169 g/mol. The van der Waals surface area contributed by atoms with Crippen LogP contribution in [0.3, 0.4) is 0 Å². The number of hydrogen-bond acceptors (Lipinski definition) is 2. The molecule has 3 heteroatoms. The van der Waals surface area contributed by atoms with Crippen LogP contribution in [0.15, 0.2) is 24.3 Å². The lowest BCUT2D eigenvalue weighted by Gasteiger charge is -2.04. The van der Waals surface area contributed by atoms with Crippen LogP contribution in [-0.2, 0) is 0 Å². The van der Waals surface area contributed by atoms with Gasteiger partial charge >= 0.3 is 0 Å². The smallest absolute Gasteiger partial charge is 0.123 e. The third-order valence-electron chi connectivity index (χ3n) is 1.43. The van der Waals surface area contributed by atoms with Crippen LogP contribution in [-0.4, -0.2) is 20.2 Å². The molecule has 0 radical (unpaired) electrons. The summed E-state index contributed by atoms with van der Waals surface area (Å²) in [6.45, 7) is 1.39. The van der Waals surface area contributed by atoms with Crippen molar-refractivity contribution in [1.29, 1.82) is 0 Å². The summed E-state index contributed by atoms with van der Waals surface area (Å²) >= 11 is 0. The van der Waals surface area contributed by atoms with E-state index in [4.69, 9.17) is 4.74 Å². The van der Waals surface area contributed by atoms with Crippen LogP contribution in [0.4, 0.5) is 4.39 Å². The van der Waals surface area contributed by atoms with E-state index in [1.165, 1.54) is 12.1 Å². The zero-order valence-electron chi connectivity index (χ0n) is 7.01. The molecule has 0 aromatic heterocycles. The van der Waals surface area contributed by atoms with Crippen molar-refractivity contribution in [3.8, 4) is 5.75 Å².